The third-order valence-electron chi connectivity index (χ3n) is 3.10. The molecule has 0 spiro atoms. The standard InChI is InChI=1S/C13H20N2O3S/c1-2-18-12-6-3-5-11(9-12)15-19(16,17)13-7-4-8-14-10-13/h3,5-6,9,13-15H,2,4,7-8,10H2,1H3. The fraction of sp³-hybridized carbons (Fsp3) is 0.538. The lowest BCUT2D eigenvalue weighted by atomic mass is 10.2. The maximum absolute atomic E-state index is 12.2. The van der Waals surface area contributed by atoms with Gasteiger partial charge in [-0.15, -0.1) is 0 Å². The van der Waals surface area contributed by atoms with Gasteiger partial charge in [0.2, 0.25) is 10.0 Å². The highest BCUT2D eigenvalue weighted by atomic mass is 32.2. The number of hydrogen-bond acceptors (Lipinski definition) is 4. The predicted octanol–water partition coefficient (Wildman–Crippen LogP) is 1.58. The molecule has 19 heavy (non-hydrogen) atoms. The van der Waals surface area contributed by atoms with Gasteiger partial charge in [0.1, 0.15) is 5.75 Å². The Morgan fingerprint density at radius 2 is 2.32 bits per heavy atom. The van der Waals surface area contributed by atoms with Gasteiger partial charge in [-0.25, -0.2) is 8.42 Å². The van der Waals surface area contributed by atoms with E-state index < -0.39 is 10.0 Å². The molecule has 6 heteroatoms. The van der Waals surface area contributed by atoms with Crippen LogP contribution >= 0.6 is 0 Å². The van der Waals surface area contributed by atoms with Crippen molar-refractivity contribution in [3.63, 3.8) is 0 Å². The third-order valence-corrected chi connectivity index (χ3v) is 4.90. The second-order valence-electron chi connectivity index (χ2n) is 4.58. The number of benzene rings is 1. The van der Waals surface area contributed by atoms with Gasteiger partial charge in [-0.2, -0.15) is 0 Å². The summed E-state index contributed by atoms with van der Waals surface area (Å²) >= 11 is 0. The fourth-order valence-corrected chi connectivity index (χ4v) is 3.58. The zero-order valence-corrected chi connectivity index (χ0v) is 11.9. The number of sulfonamides is 1. The van der Waals surface area contributed by atoms with Crippen molar-refractivity contribution in [1.29, 1.82) is 0 Å². The van der Waals surface area contributed by atoms with Crippen LogP contribution in [0.15, 0.2) is 24.3 Å². The van der Waals surface area contributed by atoms with Crippen LogP contribution in [0.25, 0.3) is 0 Å². The Labute approximate surface area is 114 Å². The van der Waals surface area contributed by atoms with Crippen molar-refractivity contribution in [2.45, 2.75) is 25.0 Å². The minimum atomic E-state index is -3.34. The SMILES string of the molecule is CCOc1cccc(NS(=O)(=O)C2CCCNC2)c1. The average Bonchev–Trinajstić information content (AvgIpc) is 2.40. The minimum Gasteiger partial charge on any atom is -0.494 e. The second kappa shape index (κ2) is 6.25. The molecular weight excluding hydrogens is 264 g/mol. The summed E-state index contributed by atoms with van der Waals surface area (Å²) < 4.78 is 32.5. The summed E-state index contributed by atoms with van der Waals surface area (Å²) in [4.78, 5) is 0. The summed E-state index contributed by atoms with van der Waals surface area (Å²) in [6.45, 7) is 3.86. The molecule has 1 atom stereocenters. The van der Waals surface area contributed by atoms with Crippen molar-refractivity contribution in [3.05, 3.63) is 24.3 Å². The monoisotopic (exact) mass is 284 g/mol. The highest BCUT2D eigenvalue weighted by Crippen LogP contribution is 2.21. The summed E-state index contributed by atoms with van der Waals surface area (Å²) in [7, 11) is -3.34. The molecule has 0 aliphatic carbocycles. The van der Waals surface area contributed by atoms with Gasteiger partial charge in [0.15, 0.2) is 0 Å². The van der Waals surface area contributed by atoms with Gasteiger partial charge in [-0.1, -0.05) is 6.07 Å². The van der Waals surface area contributed by atoms with Crippen LogP contribution < -0.4 is 14.8 Å². The van der Waals surface area contributed by atoms with E-state index in [0.717, 1.165) is 13.0 Å². The quantitative estimate of drug-likeness (QED) is 0.861. The Hall–Kier alpha value is -1.27. The maximum Gasteiger partial charge on any atom is 0.236 e. The number of hydrogen-bond donors (Lipinski definition) is 2. The molecule has 1 aliphatic rings. The average molecular weight is 284 g/mol. The van der Waals surface area contributed by atoms with Gasteiger partial charge in [0.25, 0.3) is 0 Å². The van der Waals surface area contributed by atoms with Crippen LogP contribution in [0.4, 0.5) is 5.69 Å². The highest BCUT2D eigenvalue weighted by molar-refractivity contribution is 7.93. The van der Waals surface area contributed by atoms with Gasteiger partial charge >= 0.3 is 0 Å². The molecule has 0 radical (unpaired) electrons. The molecule has 0 amide bonds. The van der Waals surface area contributed by atoms with Crippen molar-refractivity contribution >= 4 is 15.7 Å². The molecule has 1 aromatic carbocycles. The van der Waals surface area contributed by atoms with Crippen LogP contribution in [0.1, 0.15) is 19.8 Å². The summed E-state index contributed by atoms with van der Waals surface area (Å²) in [5.41, 5.74) is 0.552. The lowest BCUT2D eigenvalue weighted by Gasteiger charge is -2.23. The van der Waals surface area contributed by atoms with Gasteiger partial charge in [0.05, 0.1) is 17.5 Å². The zero-order chi connectivity index (χ0) is 13.7. The van der Waals surface area contributed by atoms with Crippen LogP contribution in [0.3, 0.4) is 0 Å². The van der Waals surface area contributed by atoms with Crippen molar-refractivity contribution in [3.8, 4) is 5.75 Å². The third kappa shape index (κ3) is 3.84. The van der Waals surface area contributed by atoms with Crippen LogP contribution in [-0.2, 0) is 10.0 Å². The molecule has 1 fully saturated rings. The molecule has 2 rings (SSSR count). The lowest BCUT2D eigenvalue weighted by molar-refractivity contribution is 0.340. The van der Waals surface area contributed by atoms with Crippen LogP contribution in [0.5, 0.6) is 5.75 Å². The molecule has 1 unspecified atom stereocenters. The highest BCUT2D eigenvalue weighted by Gasteiger charge is 2.27. The summed E-state index contributed by atoms with van der Waals surface area (Å²) in [6, 6.07) is 7.03. The number of rotatable bonds is 5. The van der Waals surface area contributed by atoms with E-state index in [-0.39, 0.29) is 5.25 Å². The van der Waals surface area contributed by atoms with Gasteiger partial charge in [-0.3, -0.25) is 4.72 Å². The number of nitrogens with one attached hydrogen (secondary N) is 2. The Balaban J connectivity index is 2.08. The minimum absolute atomic E-state index is 0.364. The van der Waals surface area contributed by atoms with Crippen molar-refractivity contribution in [2.24, 2.45) is 0 Å². The number of ether oxygens (including phenoxy) is 1. The normalized spacial score (nSPS) is 19.9. The first-order valence-corrected chi connectivity index (χ1v) is 8.11. The van der Waals surface area contributed by atoms with E-state index in [1.165, 1.54) is 0 Å². The molecule has 1 aliphatic heterocycles. The molecule has 0 bridgehead atoms. The van der Waals surface area contributed by atoms with Gasteiger partial charge in [0, 0.05) is 12.6 Å². The van der Waals surface area contributed by atoms with Crippen molar-refractivity contribution in [1.82, 2.24) is 5.32 Å². The number of anilines is 1. The van der Waals surface area contributed by atoms with E-state index in [2.05, 4.69) is 10.0 Å². The molecule has 2 N–H and O–H groups in total. The number of piperidine rings is 1. The van der Waals surface area contributed by atoms with E-state index in [1.807, 2.05) is 13.0 Å². The molecule has 1 heterocycles. The second-order valence-corrected chi connectivity index (χ2v) is 6.54. The Kier molecular flexibility index (Phi) is 4.66. The van der Waals surface area contributed by atoms with Crippen LogP contribution in [-0.4, -0.2) is 33.4 Å². The predicted molar refractivity (Wildman–Crippen MR) is 76.0 cm³/mol. The van der Waals surface area contributed by atoms with E-state index in [4.69, 9.17) is 4.74 Å². The fourth-order valence-electron chi connectivity index (χ4n) is 2.15. The maximum atomic E-state index is 12.2. The summed E-state index contributed by atoms with van der Waals surface area (Å²) in [5, 5.41) is 2.75. The summed E-state index contributed by atoms with van der Waals surface area (Å²) in [6.07, 6.45) is 1.60. The van der Waals surface area contributed by atoms with Crippen molar-refractivity contribution in [2.75, 3.05) is 24.4 Å². The van der Waals surface area contributed by atoms with E-state index >= 15 is 0 Å². The smallest absolute Gasteiger partial charge is 0.236 e. The van der Waals surface area contributed by atoms with Crippen LogP contribution in [0, 0.1) is 0 Å². The lowest BCUT2D eigenvalue weighted by Crippen LogP contribution is -2.41. The van der Waals surface area contributed by atoms with Gasteiger partial charge in [-0.05, 0) is 38.4 Å². The Morgan fingerprint density at radius 3 is 3.00 bits per heavy atom. The molecule has 0 aromatic heterocycles. The Bertz CT molecular complexity index is 510. The zero-order valence-electron chi connectivity index (χ0n) is 11.1. The first kappa shape index (κ1) is 14.1. The van der Waals surface area contributed by atoms with Gasteiger partial charge < -0.3 is 10.1 Å². The van der Waals surface area contributed by atoms with E-state index in [9.17, 15) is 8.42 Å². The molecule has 0 saturated carbocycles. The first-order chi connectivity index (χ1) is 9.12. The van der Waals surface area contributed by atoms with Crippen molar-refractivity contribution < 1.29 is 13.2 Å². The van der Waals surface area contributed by atoms with Crippen LogP contribution in [0.2, 0.25) is 0 Å². The molecule has 1 aromatic rings. The largest absolute Gasteiger partial charge is 0.494 e. The van der Waals surface area contributed by atoms with E-state index in [1.54, 1.807) is 18.2 Å². The molecular formula is C13H20N2O3S. The van der Waals surface area contributed by atoms with E-state index in [0.29, 0.717) is 31.0 Å². The Morgan fingerprint density at radius 1 is 1.47 bits per heavy atom. The first-order valence-electron chi connectivity index (χ1n) is 6.57. The molecule has 1 saturated heterocycles. The topological polar surface area (TPSA) is 67.4 Å². The molecule has 106 valence electrons. The molecule has 5 nitrogen and oxygen atoms in total. The summed E-state index contributed by atoms with van der Waals surface area (Å²) in [5.74, 6) is 0.671.